The van der Waals surface area contributed by atoms with Gasteiger partial charge in [0.05, 0.1) is 0 Å². The number of pyridine rings is 1. The third kappa shape index (κ3) is 3.80. The van der Waals surface area contributed by atoms with Gasteiger partial charge in [0.2, 0.25) is 0 Å². The molecule has 1 saturated carbocycles. The van der Waals surface area contributed by atoms with Crippen molar-refractivity contribution in [1.29, 1.82) is 0 Å². The van der Waals surface area contributed by atoms with Gasteiger partial charge in [0.1, 0.15) is 17.7 Å². The molecule has 3 amide bonds. The normalized spacial score (nSPS) is 24.6. The Kier molecular flexibility index (Phi) is 5.69. The summed E-state index contributed by atoms with van der Waals surface area (Å²) in [6, 6.07) is 3.67. The number of hydrogen-bond donors (Lipinski definition) is 2. The number of aliphatic imine (C=N–C) groups is 1. The topological polar surface area (TPSA) is 89.9 Å². The number of hydrogen-bond acceptors (Lipinski definition) is 6. The van der Waals surface area contributed by atoms with E-state index in [-0.39, 0.29) is 11.9 Å². The van der Waals surface area contributed by atoms with Gasteiger partial charge in [-0.15, -0.1) is 0 Å². The Bertz CT molecular complexity index is 787. The fourth-order valence-corrected chi connectivity index (χ4v) is 4.39. The van der Waals surface area contributed by atoms with E-state index >= 15 is 0 Å². The van der Waals surface area contributed by atoms with E-state index in [1.807, 2.05) is 26.0 Å². The average molecular weight is 399 g/mol. The van der Waals surface area contributed by atoms with E-state index in [0.717, 1.165) is 24.2 Å². The number of rotatable bonds is 7. The van der Waals surface area contributed by atoms with Gasteiger partial charge in [-0.2, -0.15) is 0 Å². The number of nitrogens with one attached hydrogen (secondary N) is 2. The molecule has 0 aromatic carbocycles. The molecule has 0 bridgehead atoms. The van der Waals surface area contributed by atoms with E-state index in [4.69, 9.17) is 4.99 Å². The van der Waals surface area contributed by atoms with Crippen LogP contribution in [0.4, 0.5) is 10.6 Å². The first-order valence-electron chi connectivity index (χ1n) is 10.8. The van der Waals surface area contributed by atoms with Gasteiger partial charge >= 0.3 is 6.03 Å². The van der Waals surface area contributed by atoms with Crippen molar-refractivity contribution in [2.45, 2.75) is 70.6 Å². The molecule has 2 aliphatic heterocycles. The van der Waals surface area contributed by atoms with Gasteiger partial charge < -0.3 is 10.6 Å². The lowest BCUT2D eigenvalue weighted by atomic mass is 10.1. The molecule has 3 aliphatic rings. The molecule has 4 rings (SSSR count). The molecule has 1 aliphatic carbocycles. The third-order valence-electron chi connectivity index (χ3n) is 5.84. The van der Waals surface area contributed by atoms with E-state index in [1.165, 1.54) is 30.6 Å². The number of amidine groups is 1. The molecule has 0 radical (unpaired) electrons. The molecule has 2 atom stereocenters. The Morgan fingerprint density at radius 2 is 1.90 bits per heavy atom. The van der Waals surface area contributed by atoms with Crippen molar-refractivity contribution >= 4 is 23.6 Å². The van der Waals surface area contributed by atoms with E-state index in [9.17, 15) is 9.59 Å². The summed E-state index contributed by atoms with van der Waals surface area (Å²) in [4.78, 5) is 38.0. The first-order chi connectivity index (χ1) is 14.1. The lowest BCUT2D eigenvalue weighted by Gasteiger charge is -2.40. The fourth-order valence-electron chi connectivity index (χ4n) is 4.39. The molecule has 0 spiro atoms. The summed E-state index contributed by atoms with van der Waals surface area (Å²) in [6.45, 7) is 5.00. The van der Waals surface area contributed by atoms with Crippen LogP contribution >= 0.6 is 0 Å². The Morgan fingerprint density at radius 1 is 1.14 bits per heavy atom. The summed E-state index contributed by atoms with van der Waals surface area (Å²) >= 11 is 0. The molecule has 8 heteroatoms. The standard InChI is InChI=1S/C21H30N6O2/c1-3-11-26-19-17(20(28)27(12-4-2)21(26)29)24-18(25-19)14-9-10-16(22-13-14)23-15-7-5-6-8-15/h9-10,13,15,17,19H,3-8,11-12H2,1-2H3,(H,22,23)(H,24,25). The number of anilines is 1. The molecule has 2 unspecified atom stereocenters. The number of carbonyl (C=O) groups excluding carboxylic acids is 2. The van der Waals surface area contributed by atoms with Crippen LogP contribution in [0, 0.1) is 0 Å². The Hall–Kier alpha value is -2.64. The molecule has 1 aromatic rings. The first-order valence-corrected chi connectivity index (χ1v) is 10.8. The Labute approximate surface area is 171 Å². The molecule has 1 saturated heterocycles. The van der Waals surface area contributed by atoms with Gasteiger partial charge in [-0.1, -0.05) is 26.7 Å². The molecule has 3 heterocycles. The minimum absolute atomic E-state index is 0.194. The molecular formula is C21H30N6O2. The van der Waals surface area contributed by atoms with Crippen LogP contribution in [-0.4, -0.2) is 63.9 Å². The minimum atomic E-state index is -0.530. The van der Waals surface area contributed by atoms with Crippen molar-refractivity contribution in [3.05, 3.63) is 23.9 Å². The van der Waals surface area contributed by atoms with Gasteiger partial charge in [-0.3, -0.25) is 14.6 Å². The van der Waals surface area contributed by atoms with Crippen LogP contribution in [-0.2, 0) is 4.79 Å². The van der Waals surface area contributed by atoms with E-state index in [0.29, 0.717) is 25.0 Å². The summed E-state index contributed by atoms with van der Waals surface area (Å²) in [5.41, 5.74) is 0.829. The maximum absolute atomic E-state index is 12.9. The molecule has 2 N–H and O–H groups in total. The number of imide groups is 1. The maximum atomic E-state index is 12.9. The molecule has 8 nitrogen and oxygen atoms in total. The van der Waals surface area contributed by atoms with E-state index in [2.05, 4.69) is 15.6 Å². The summed E-state index contributed by atoms with van der Waals surface area (Å²) < 4.78 is 0. The first kappa shape index (κ1) is 19.7. The van der Waals surface area contributed by atoms with Crippen LogP contribution in [0.1, 0.15) is 57.9 Å². The van der Waals surface area contributed by atoms with Crippen molar-refractivity contribution in [2.75, 3.05) is 18.4 Å². The van der Waals surface area contributed by atoms with Gasteiger partial charge in [-0.25, -0.2) is 14.8 Å². The second kappa shape index (κ2) is 8.39. The minimum Gasteiger partial charge on any atom is -0.367 e. The number of aromatic nitrogens is 1. The highest BCUT2D eigenvalue weighted by Gasteiger charge is 2.49. The van der Waals surface area contributed by atoms with Gasteiger partial charge in [0.15, 0.2) is 6.17 Å². The van der Waals surface area contributed by atoms with Gasteiger partial charge in [-0.05, 0) is 37.8 Å². The van der Waals surface area contributed by atoms with Crippen molar-refractivity contribution in [3.63, 3.8) is 0 Å². The van der Waals surface area contributed by atoms with E-state index < -0.39 is 12.2 Å². The van der Waals surface area contributed by atoms with Crippen molar-refractivity contribution in [1.82, 2.24) is 20.1 Å². The molecule has 29 heavy (non-hydrogen) atoms. The zero-order valence-electron chi connectivity index (χ0n) is 17.2. The highest BCUT2D eigenvalue weighted by Crippen LogP contribution is 2.25. The van der Waals surface area contributed by atoms with Crippen LogP contribution in [0.5, 0.6) is 0 Å². The Balaban J connectivity index is 1.52. The predicted molar refractivity (Wildman–Crippen MR) is 112 cm³/mol. The number of fused-ring (bicyclic) bond motifs is 1. The summed E-state index contributed by atoms with van der Waals surface area (Å²) in [7, 11) is 0. The van der Waals surface area contributed by atoms with E-state index in [1.54, 1.807) is 11.1 Å². The second-order valence-corrected chi connectivity index (χ2v) is 8.04. The van der Waals surface area contributed by atoms with Crippen molar-refractivity contribution in [3.8, 4) is 0 Å². The number of urea groups is 1. The quantitative estimate of drug-likeness (QED) is 0.737. The van der Waals surface area contributed by atoms with Gasteiger partial charge in [0.25, 0.3) is 5.91 Å². The van der Waals surface area contributed by atoms with Crippen molar-refractivity contribution in [2.24, 2.45) is 4.99 Å². The molecular weight excluding hydrogens is 368 g/mol. The lowest BCUT2D eigenvalue weighted by Crippen LogP contribution is -2.65. The predicted octanol–water partition coefficient (Wildman–Crippen LogP) is 2.56. The summed E-state index contributed by atoms with van der Waals surface area (Å²) in [5.74, 6) is 1.30. The Morgan fingerprint density at radius 3 is 2.55 bits per heavy atom. The summed E-state index contributed by atoms with van der Waals surface area (Å²) in [5, 5.41) is 6.73. The monoisotopic (exact) mass is 398 g/mol. The zero-order valence-corrected chi connectivity index (χ0v) is 17.2. The number of carbonyl (C=O) groups is 2. The highest BCUT2D eigenvalue weighted by molar-refractivity contribution is 6.08. The molecule has 2 fully saturated rings. The zero-order chi connectivity index (χ0) is 20.4. The van der Waals surface area contributed by atoms with Crippen LogP contribution in [0.3, 0.4) is 0 Å². The van der Waals surface area contributed by atoms with Crippen LogP contribution in [0.15, 0.2) is 23.3 Å². The van der Waals surface area contributed by atoms with Crippen LogP contribution in [0.25, 0.3) is 0 Å². The van der Waals surface area contributed by atoms with Crippen LogP contribution in [0.2, 0.25) is 0 Å². The number of nitrogens with zero attached hydrogens (tertiary/aromatic N) is 4. The lowest BCUT2D eigenvalue weighted by molar-refractivity contribution is -0.134. The fraction of sp³-hybridized carbons (Fsp3) is 0.619. The molecule has 156 valence electrons. The highest BCUT2D eigenvalue weighted by atomic mass is 16.2. The SMILES string of the molecule is CCCN1C(=O)C2NC(c3ccc(NC4CCCC4)nc3)=NC2N(CCC)C1=O. The second-order valence-electron chi connectivity index (χ2n) is 8.04. The van der Waals surface area contributed by atoms with Crippen LogP contribution < -0.4 is 10.6 Å². The smallest absolute Gasteiger partial charge is 0.328 e. The average Bonchev–Trinajstić information content (AvgIpc) is 3.39. The van der Waals surface area contributed by atoms with Crippen molar-refractivity contribution < 1.29 is 9.59 Å². The largest absolute Gasteiger partial charge is 0.367 e. The maximum Gasteiger partial charge on any atom is 0.328 e. The van der Waals surface area contributed by atoms with Gasteiger partial charge in [0, 0.05) is 30.9 Å². The number of amides is 3. The third-order valence-corrected chi connectivity index (χ3v) is 5.84. The summed E-state index contributed by atoms with van der Waals surface area (Å²) in [6.07, 6.45) is 7.77. The molecule has 1 aromatic heterocycles.